The van der Waals surface area contributed by atoms with E-state index in [4.69, 9.17) is 31.5 Å². The Labute approximate surface area is 764 Å². The molecule has 15 aromatic carbocycles. The summed E-state index contributed by atoms with van der Waals surface area (Å²) in [6, 6.07) is 145. The summed E-state index contributed by atoms with van der Waals surface area (Å²) in [7, 11) is 0. The second-order valence-electron chi connectivity index (χ2n) is 30.7. The summed E-state index contributed by atoms with van der Waals surface area (Å²) in [6.07, 6.45) is 6.75. The van der Waals surface area contributed by atoms with E-state index in [9.17, 15) is 0 Å². The third-order valence-electron chi connectivity index (χ3n) is 21.6. The van der Waals surface area contributed by atoms with E-state index in [0.29, 0.717) is 23.7 Å². The summed E-state index contributed by atoms with van der Waals surface area (Å²) in [5.74, 6) is 1.82. The van der Waals surface area contributed by atoms with Crippen LogP contribution in [0.15, 0.2) is 437 Å². The van der Waals surface area contributed by atoms with Gasteiger partial charge in [0.05, 0.1) is 34.6 Å². The van der Waals surface area contributed by atoms with Gasteiger partial charge in [0.25, 0.3) is 0 Å². The fourth-order valence-electron chi connectivity index (χ4n) is 15.8. The number of benzene rings is 15. The molecular weight excluding hydrogens is 1770 g/mol. The monoisotopic (exact) mass is 1860 g/mol. The number of hydrogen-bond acceptors (Lipinski definition) is 13. The SMILES string of the molecule is CC(O)CC(C)O.Cc1cc(-c2ccccc2)c2ccc3c(-c4ccccc4)cc(C)nc3c2n1.[Ir].[c-]1ccccc1-c1ccccn1.c1ccc(N(c2ccc(-c3ccc(N(c4ccccc4)c4cccc5ccccc45)cc3)cc2)c2cccc3ccccc23)cc1.c1cnc2c([O][Al]([O]c3cccc4cccnc34)[O]c3cccc4cccnc34)cccc2c1. The molecule has 0 fully saturated rings. The molecule has 0 spiro atoms. The quantitative estimate of drug-likeness (QED) is 0.0477. The van der Waals surface area contributed by atoms with Gasteiger partial charge in [0, 0.05) is 117 Å². The Hall–Kier alpha value is -14.9. The molecule has 0 amide bonds. The maximum absolute atomic E-state index is 8.56. The zero-order valence-corrected chi connectivity index (χ0v) is 74.6. The average molecular weight is 1860 g/mol. The number of aliphatic hydroxyl groups excluding tert-OH is 2. The first-order valence-electron chi connectivity index (χ1n) is 42.4. The number of anilines is 6. The zero-order valence-electron chi connectivity index (χ0n) is 71.0. The van der Waals surface area contributed by atoms with Crippen molar-refractivity contribution in [1.82, 2.24) is 29.9 Å². The molecule has 21 aromatic rings. The van der Waals surface area contributed by atoms with E-state index >= 15 is 0 Å². The molecule has 1 radical (unpaired) electrons. The standard InChI is InChI=1S/C44H32N2.C26H20N2.C11H8N.3C9H7NO.C5H12O2.Al.Ir/c1-3-17-37(18-4-1)45(43-23-11-15-35-13-7-9-21-41(35)43)39-29-25-33(26-30-39)34-27-31-40(32-28-34)46(38-19-5-2-6-20-38)44-24-12-16-36-14-8-10-22-42(36)44;1-17-15-23(19-9-5-3-6-10-19)21-13-14-22-24(20-11-7-4-8-12-20)16-18(2)28-26(22)25(21)27-17;1-2-6-10(7-3-1)11-8-4-5-9-12-11;3*11-8-5-1-3-7-4-2-6-10-9(7)8;1-4(6)3-5(2)7;;/h1-32H;3-16H,1-2H3;1-6,8-9H;3*1-6,11H;4-7H,3H2,1-2H3;;/q;;-1;;;;;+3;/p-3. The Morgan fingerprint density at radius 1 is 0.305 bits per heavy atom. The second kappa shape index (κ2) is 41.7. The van der Waals surface area contributed by atoms with Crippen molar-refractivity contribution in [2.45, 2.75) is 46.3 Å². The molecule has 625 valence electrons. The van der Waals surface area contributed by atoms with Gasteiger partial charge in [-0.25, -0.2) is 0 Å². The van der Waals surface area contributed by atoms with Crippen LogP contribution < -0.4 is 21.2 Å². The van der Waals surface area contributed by atoms with E-state index in [1.54, 1.807) is 38.6 Å². The van der Waals surface area contributed by atoms with Crippen LogP contribution in [0, 0.1) is 19.9 Å². The van der Waals surface area contributed by atoms with Crippen LogP contribution in [0.1, 0.15) is 31.7 Å². The molecule has 6 heterocycles. The minimum absolute atomic E-state index is 0. The van der Waals surface area contributed by atoms with Gasteiger partial charge in [-0.15, -0.1) is 35.9 Å². The largest absolute Gasteiger partial charge is 1.20 e. The normalized spacial score (nSPS) is 11.3. The Morgan fingerprint density at radius 2 is 0.648 bits per heavy atom. The van der Waals surface area contributed by atoms with E-state index in [1.807, 2.05) is 146 Å². The van der Waals surface area contributed by atoms with Crippen molar-refractivity contribution in [2.75, 3.05) is 9.80 Å². The molecule has 2 N–H and O–H groups in total. The summed E-state index contributed by atoms with van der Waals surface area (Å²) >= 11 is -2.86. The van der Waals surface area contributed by atoms with Crippen molar-refractivity contribution >= 4 is 125 Å². The van der Waals surface area contributed by atoms with E-state index in [0.717, 1.165) is 111 Å². The molecule has 13 nitrogen and oxygen atoms in total. The predicted octanol–water partition coefficient (Wildman–Crippen LogP) is 27.9. The molecule has 0 bridgehead atoms. The number of hydrogen-bond donors (Lipinski definition) is 2. The van der Waals surface area contributed by atoms with Crippen LogP contribution in [0.25, 0.3) is 121 Å². The van der Waals surface area contributed by atoms with Crippen LogP contribution >= 0.6 is 0 Å². The van der Waals surface area contributed by atoms with Gasteiger partial charge in [-0.1, -0.05) is 273 Å². The number of para-hydroxylation sites is 5. The molecule has 0 aliphatic rings. The molecule has 2 atom stereocenters. The van der Waals surface area contributed by atoms with Gasteiger partial charge in [-0.3, -0.25) is 24.9 Å². The number of aliphatic hydroxyl groups is 2. The number of aryl methyl sites for hydroxylation is 2. The zero-order chi connectivity index (χ0) is 86.6. The van der Waals surface area contributed by atoms with Gasteiger partial charge >= 0.3 is 15.1 Å². The Balaban J connectivity index is 0.000000130. The molecule has 15 heteroatoms. The summed E-state index contributed by atoms with van der Waals surface area (Å²) in [5, 5.41) is 27.2. The Kier molecular flexibility index (Phi) is 28.3. The van der Waals surface area contributed by atoms with Crippen molar-refractivity contribution in [1.29, 1.82) is 0 Å². The first-order chi connectivity index (χ1) is 62.5. The van der Waals surface area contributed by atoms with E-state index < -0.39 is 15.1 Å². The van der Waals surface area contributed by atoms with Gasteiger partial charge in [-0.2, -0.15) is 0 Å². The van der Waals surface area contributed by atoms with Crippen molar-refractivity contribution < 1.29 is 41.7 Å². The number of pyridine rings is 6. The average Bonchev–Trinajstić information content (AvgIpc) is 0.728. The number of fused-ring (bicyclic) bond motifs is 8. The first-order valence-corrected chi connectivity index (χ1v) is 43.8. The van der Waals surface area contributed by atoms with E-state index in [-0.39, 0.29) is 32.3 Å². The van der Waals surface area contributed by atoms with Gasteiger partial charge < -0.3 is 36.4 Å². The molecule has 2 unspecified atom stereocenters. The fraction of sp³-hybridized carbons (Fsp3) is 0.0619. The molecular formula is C113H90AlIrN8O5-. The summed E-state index contributed by atoms with van der Waals surface area (Å²) < 4.78 is 19.2. The number of rotatable bonds is 18. The number of nitrogens with zero attached hydrogens (tertiary/aromatic N) is 8. The number of aromatic nitrogens is 6. The van der Waals surface area contributed by atoms with Gasteiger partial charge in [0.15, 0.2) is 0 Å². The van der Waals surface area contributed by atoms with Gasteiger partial charge in [-0.05, 0) is 199 Å². The smallest absolute Gasteiger partial charge is 0.576 e. The Bertz CT molecular complexity index is 6730. The molecule has 0 aliphatic heterocycles. The molecule has 0 aliphatic carbocycles. The fourth-order valence-corrected chi connectivity index (χ4v) is 17.2. The predicted molar refractivity (Wildman–Crippen MR) is 523 cm³/mol. The molecule has 0 saturated heterocycles. The van der Waals surface area contributed by atoms with Crippen molar-refractivity contribution in [2.24, 2.45) is 0 Å². The summed E-state index contributed by atoms with van der Waals surface area (Å²) in [6.45, 7) is 7.43. The maximum Gasteiger partial charge on any atom is 1.20 e. The van der Waals surface area contributed by atoms with Crippen LogP contribution in [-0.2, 0) is 20.1 Å². The van der Waals surface area contributed by atoms with E-state index in [1.165, 1.54) is 54.9 Å². The molecule has 128 heavy (non-hydrogen) atoms. The Morgan fingerprint density at radius 3 is 1.03 bits per heavy atom. The van der Waals surface area contributed by atoms with Crippen molar-refractivity contribution in [3.8, 4) is 61.9 Å². The third kappa shape index (κ3) is 20.7. The maximum atomic E-state index is 8.56. The van der Waals surface area contributed by atoms with Crippen LogP contribution in [-0.4, -0.2) is 67.5 Å². The second-order valence-corrected chi connectivity index (χ2v) is 32.0. The van der Waals surface area contributed by atoms with Crippen LogP contribution in [0.5, 0.6) is 17.2 Å². The molecule has 6 aromatic heterocycles. The third-order valence-corrected chi connectivity index (χ3v) is 22.9. The van der Waals surface area contributed by atoms with E-state index in [2.05, 4.69) is 317 Å². The summed E-state index contributed by atoms with van der Waals surface area (Å²) in [4.78, 5) is 32.2. The van der Waals surface area contributed by atoms with Crippen molar-refractivity contribution in [3.05, 3.63) is 455 Å². The van der Waals surface area contributed by atoms with Crippen LogP contribution in [0.4, 0.5) is 34.1 Å². The topological polar surface area (TPSA) is 152 Å². The van der Waals surface area contributed by atoms with Crippen LogP contribution in [0.3, 0.4) is 0 Å². The van der Waals surface area contributed by atoms with Gasteiger partial charge in [0.2, 0.25) is 0 Å². The van der Waals surface area contributed by atoms with Gasteiger partial charge in [0.1, 0.15) is 33.8 Å². The summed E-state index contributed by atoms with van der Waals surface area (Å²) in [5.41, 5.74) is 22.2. The first kappa shape index (κ1) is 86.6. The molecule has 21 rings (SSSR count). The van der Waals surface area contributed by atoms with Crippen LogP contribution in [0.2, 0.25) is 0 Å². The molecule has 0 saturated carbocycles. The minimum atomic E-state index is -2.86. The minimum Gasteiger partial charge on any atom is -0.576 e. The van der Waals surface area contributed by atoms with Crippen molar-refractivity contribution in [3.63, 3.8) is 0 Å².